The van der Waals surface area contributed by atoms with Crippen molar-refractivity contribution in [2.75, 3.05) is 5.32 Å². The summed E-state index contributed by atoms with van der Waals surface area (Å²) in [7, 11) is 0. The minimum Gasteiger partial charge on any atom is -0.377 e. The molecule has 1 heterocycles. The number of benzene rings is 2. The molecule has 0 spiro atoms. The van der Waals surface area contributed by atoms with Crippen molar-refractivity contribution >= 4 is 5.69 Å². The largest absolute Gasteiger partial charge is 0.377 e. The first-order valence-corrected chi connectivity index (χ1v) is 6.82. The summed E-state index contributed by atoms with van der Waals surface area (Å²) < 4.78 is 13.8. The molecule has 0 aliphatic carbocycles. The summed E-state index contributed by atoms with van der Waals surface area (Å²) in [5.74, 6) is -0.0965. The van der Waals surface area contributed by atoms with Gasteiger partial charge in [0.05, 0.1) is 6.04 Å². The maximum absolute atomic E-state index is 13.8. The average molecular weight is 255 g/mol. The van der Waals surface area contributed by atoms with Crippen molar-refractivity contribution < 1.29 is 4.39 Å². The summed E-state index contributed by atoms with van der Waals surface area (Å²) in [5, 5.41) is 3.46. The van der Waals surface area contributed by atoms with Gasteiger partial charge in [-0.1, -0.05) is 37.3 Å². The zero-order valence-corrected chi connectivity index (χ0v) is 11.3. The highest BCUT2D eigenvalue weighted by molar-refractivity contribution is 5.63. The second kappa shape index (κ2) is 4.69. The highest BCUT2D eigenvalue weighted by Gasteiger charge is 2.25. The molecule has 1 N–H and O–H groups in total. The van der Waals surface area contributed by atoms with Crippen LogP contribution in [-0.4, -0.2) is 0 Å². The second-order valence-corrected chi connectivity index (χ2v) is 5.21. The first-order valence-electron chi connectivity index (χ1n) is 6.82. The summed E-state index contributed by atoms with van der Waals surface area (Å²) in [6.07, 6.45) is 1.78. The molecule has 1 aliphatic heterocycles. The Morgan fingerprint density at radius 3 is 2.53 bits per heavy atom. The van der Waals surface area contributed by atoms with Gasteiger partial charge < -0.3 is 5.32 Å². The molecule has 0 radical (unpaired) electrons. The molecule has 19 heavy (non-hydrogen) atoms. The highest BCUT2D eigenvalue weighted by atomic mass is 19.1. The molecule has 1 unspecified atom stereocenters. The molecule has 1 atom stereocenters. The fraction of sp³-hybridized carbons (Fsp3) is 0.294. The number of nitrogens with one attached hydrogen (secondary N) is 1. The Hall–Kier alpha value is -1.83. The van der Waals surface area contributed by atoms with E-state index >= 15 is 0 Å². The van der Waals surface area contributed by atoms with Crippen LogP contribution < -0.4 is 5.32 Å². The van der Waals surface area contributed by atoms with Crippen LogP contribution in [0.5, 0.6) is 0 Å². The third-order valence-electron chi connectivity index (χ3n) is 3.98. The smallest absolute Gasteiger partial charge is 0.128 e. The van der Waals surface area contributed by atoms with E-state index in [0.717, 1.165) is 29.7 Å². The fourth-order valence-corrected chi connectivity index (χ4v) is 2.76. The van der Waals surface area contributed by atoms with Gasteiger partial charge in [-0.3, -0.25) is 0 Å². The third kappa shape index (κ3) is 2.12. The fourth-order valence-electron chi connectivity index (χ4n) is 2.76. The van der Waals surface area contributed by atoms with Gasteiger partial charge in [-0.25, -0.2) is 4.39 Å². The van der Waals surface area contributed by atoms with Gasteiger partial charge in [0.1, 0.15) is 5.82 Å². The third-order valence-corrected chi connectivity index (χ3v) is 3.98. The second-order valence-electron chi connectivity index (χ2n) is 5.21. The lowest BCUT2D eigenvalue weighted by atomic mass is 10.0. The summed E-state index contributed by atoms with van der Waals surface area (Å²) in [6, 6.07) is 12.2. The van der Waals surface area contributed by atoms with Crippen molar-refractivity contribution in [2.24, 2.45) is 0 Å². The van der Waals surface area contributed by atoms with Crippen LogP contribution in [0.2, 0.25) is 0 Å². The van der Waals surface area contributed by atoms with E-state index in [-0.39, 0.29) is 11.9 Å². The standard InChI is InChI=1S/C17H18FN/c1-3-12-5-7-13(8-6-12)16-10-14-15(18)9-4-11(2)17(14)19-16/h4-9,16,19H,3,10H2,1-2H3. The van der Waals surface area contributed by atoms with Crippen molar-refractivity contribution in [3.8, 4) is 0 Å². The van der Waals surface area contributed by atoms with Crippen LogP contribution in [0.25, 0.3) is 0 Å². The zero-order valence-electron chi connectivity index (χ0n) is 11.3. The maximum atomic E-state index is 13.8. The summed E-state index contributed by atoms with van der Waals surface area (Å²) in [4.78, 5) is 0. The minimum absolute atomic E-state index is 0.0965. The molecule has 2 aromatic carbocycles. The SMILES string of the molecule is CCc1ccc(C2Cc3c(F)ccc(C)c3N2)cc1. The lowest BCUT2D eigenvalue weighted by molar-refractivity contribution is 0.610. The molecular formula is C17H18FN. The van der Waals surface area contributed by atoms with Crippen LogP contribution in [-0.2, 0) is 12.8 Å². The topological polar surface area (TPSA) is 12.0 Å². The van der Waals surface area contributed by atoms with E-state index in [0.29, 0.717) is 0 Å². The summed E-state index contributed by atoms with van der Waals surface area (Å²) in [6.45, 7) is 4.17. The number of fused-ring (bicyclic) bond motifs is 1. The minimum atomic E-state index is -0.0965. The number of rotatable bonds is 2. The van der Waals surface area contributed by atoms with E-state index in [1.54, 1.807) is 6.07 Å². The maximum Gasteiger partial charge on any atom is 0.128 e. The molecular weight excluding hydrogens is 237 g/mol. The summed E-state index contributed by atoms with van der Waals surface area (Å²) in [5.41, 5.74) is 5.48. The molecule has 1 aliphatic rings. The molecule has 0 bridgehead atoms. The number of aryl methyl sites for hydroxylation is 2. The van der Waals surface area contributed by atoms with E-state index < -0.39 is 0 Å². The average Bonchev–Trinajstić information content (AvgIpc) is 2.89. The monoisotopic (exact) mass is 255 g/mol. The molecule has 0 saturated carbocycles. The van der Waals surface area contributed by atoms with E-state index in [4.69, 9.17) is 0 Å². The number of hydrogen-bond donors (Lipinski definition) is 1. The highest BCUT2D eigenvalue weighted by Crippen LogP contribution is 2.37. The normalized spacial score (nSPS) is 17.1. The van der Waals surface area contributed by atoms with E-state index in [9.17, 15) is 4.39 Å². The van der Waals surface area contributed by atoms with Crippen LogP contribution in [0.1, 0.15) is 35.2 Å². The molecule has 2 heteroatoms. The Balaban J connectivity index is 1.90. The summed E-state index contributed by atoms with van der Waals surface area (Å²) >= 11 is 0. The molecule has 3 rings (SSSR count). The van der Waals surface area contributed by atoms with Crippen molar-refractivity contribution in [3.05, 3.63) is 64.5 Å². The molecule has 98 valence electrons. The van der Waals surface area contributed by atoms with Gasteiger partial charge in [0, 0.05) is 17.7 Å². The van der Waals surface area contributed by atoms with E-state index in [1.165, 1.54) is 11.1 Å². The van der Waals surface area contributed by atoms with Gasteiger partial charge in [-0.05, 0) is 36.1 Å². The van der Waals surface area contributed by atoms with Gasteiger partial charge in [0.2, 0.25) is 0 Å². The van der Waals surface area contributed by atoms with Gasteiger partial charge in [-0.15, -0.1) is 0 Å². The molecule has 0 saturated heterocycles. The molecule has 0 aromatic heterocycles. The predicted molar refractivity (Wildman–Crippen MR) is 77.0 cm³/mol. The van der Waals surface area contributed by atoms with Gasteiger partial charge in [-0.2, -0.15) is 0 Å². The van der Waals surface area contributed by atoms with Crippen LogP contribution in [0, 0.1) is 12.7 Å². The number of halogens is 1. The van der Waals surface area contributed by atoms with Gasteiger partial charge >= 0.3 is 0 Å². The Morgan fingerprint density at radius 2 is 1.89 bits per heavy atom. The van der Waals surface area contributed by atoms with Gasteiger partial charge in [0.15, 0.2) is 0 Å². The van der Waals surface area contributed by atoms with Crippen LogP contribution >= 0.6 is 0 Å². The Kier molecular flexibility index (Phi) is 3.02. The Labute approximate surface area is 113 Å². The predicted octanol–water partition coefficient (Wildman–Crippen LogP) is 4.41. The van der Waals surface area contributed by atoms with Crippen molar-refractivity contribution in [3.63, 3.8) is 0 Å². The van der Waals surface area contributed by atoms with Gasteiger partial charge in [0.25, 0.3) is 0 Å². The van der Waals surface area contributed by atoms with Crippen LogP contribution in [0.3, 0.4) is 0 Å². The van der Waals surface area contributed by atoms with Crippen molar-refractivity contribution in [2.45, 2.75) is 32.7 Å². The number of hydrogen-bond acceptors (Lipinski definition) is 1. The molecule has 2 aromatic rings. The van der Waals surface area contributed by atoms with Crippen LogP contribution in [0.4, 0.5) is 10.1 Å². The first kappa shape index (κ1) is 12.2. The first-order chi connectivity index (χ1) is 9.19. The quantitative estimate of drug-likeness (QED) is 0.838. The van der Waals surface area contributed by atoms with E-state index in [1.807, 2.05) is 13.0 Å². The molecule has 1 nitrogen and oxygen atoms in total. The van der Waals surface area contributed by atoms with Crippen molar-refractivity contribution in [1.29, 1.82) is 0 Å². The van der Waals surface area contributed by atoms with Crippen LogP contribution in [0.15, 0.2) is 36.4 Å². The Bertz CT molecular complexity index is 570. The lowest BCUT2D eigenvalue weighted by Gasteiger charge is -2.12. The number of anilines is 1. The van der Waals surface area contributed by atoms with Crippen molar-refractivity contribution in [1.82, 2.24) is 0 Å². The lowest BCUT2D eigenvalue weighted by Crippen LogP contribution is -2.05. The zero-order chi connectivity index (χ0) is 13.4. The Morgan fingerprint density at radius 1 is 1.16 bits per heavy atom. The molecule has 0 fully saturated rings. The van der Waals surface area contributed by atoms with E-state index in [2.05, 4.69) is 36.5 Å². The molecule has 0 amide bonds.